The molecule has 5 heteroatoms. The molecule has 4 N–H and O–H groups in total. The highest BCUT2D eigenvalue weighted by molar-refractivity contribution is 5.80. The molecule has 4 nitrogen and oxygen atoms in total. The Morgan fingerprint density at radius 1 is 1.50 bits per heavy atom. The van der Waals surface area contributed by atoms with Crippen molar-refractivity contribution >= 4 is 5.96 Å². The van der Waals surface area contributed by atoms with Crippen LogP contribution >= 0.6 is 0 Å². The summed E-state index contributed by atoms with van der Waals surface area (Å²) < 4.78 is 13.5. The predicted molar refractivity (Wildman–Crippen MR) is 70.5 cm³/mol. The van der Waals surface area contributed by atoms with Crippen LogP contribution in [0.3, 0.4) is 0 Å². The predicted octanol–water partition coefficient (Wildman–Crippen LogP) is 1.77. The van der Waals surface area contributed by atoms with E-state index in [2.05, 4.69) is 15.7 Å². The number of nitrogens with two attached hydrogens (primary N) is 1. The van der Waals surface area contributed by atoms with Crippen LogP contribution in [0.15, 0.2) is 23.2 Å². The summed E-state index contributed by atoms with van der Waals surface area (Å²) in [6.45, 7) is 3.70. The third kappa shape index (κ3) is 3.20. The second-order valence-electron chi connectivity index (χ2n) is 4.73. The average molecular weight is 250 g/mol. The van der Waals surface area contributed by atoms with Crippen LogP contribution in [0.4, 0.5) is 4.39 Å². The molecule has 2 rings (SSSR count). The number of aliphatic imine (C=N–C) groups is 1. The van der Waals surface area contributed by atoms with E-state index >= 15 is 0 Å². The van der Waals surface area contributed by atoms with Gasteiger partial charge in [0.05, 0.1) is 12.1 Å². The molecule has 1 aliphatic rings. The van der Waals surface area contributed by atoms with Crippen molar-refractivity contribution in [2.75, 3.05) is 0 Å². The summed E-state index contributed by atoms with van der Waals surface area (Å²) in [5, 5.41) is 3.15. The molecule has 98 valence electrons. The number of hydrogen-bond donors (Lipinski definition) is 3. The number of benzene rings is 1. The summed E-state index contributed by atoms with van der Waals surface area (Å²) in [6.07, 6.45) is 2.22. The maximum atomic E-state index is 13.5. The summed E-state index contributed by atoms with van der Waals surface area (Å²) in [5.41, 5.74) is 4.07. The summed E-state index contributed by atoms with van der Waals surface area (Å²) in [4.78, 5) is 4.39. The fourth-order valence-corrected chi connectivity index (χ4v) is 1.67. The van der Waals surface area contributed by atoms with Crippen LogP contribution in [0.5, 0.6) is 0 Å². The quantitative estimate of drug-likeness (QED) is 0.331. The minimum Gasteiger partial charge on any atom is -0.349 e. The SMILES string of the molecule is Cc1ccc(C(C)NC(=NC2CC2)NN)cc1F. The Labute approximate surface area is 106 Å². The molecular formula is C13H19FN4. The molecule has 0 bridgehead atoms. The van der Waals surface area contributed by atoms with E-state index in [1.165, 1.54) is 6.07 Å². The van der Waals surface area contributed by atoms with E-state index in [0.717, 1.165) is 18.4 Å². The number of halogens is 1. The molecule has 1 aliphatic carbocycles. The van der Waals surface area contributed by atoms with Gasteiger partial charge in [0, 0.05) is 0 Å². The van der Waals surface area contributed by atoms with E-state index in [1.807, 2.05) is 13.0 Å². The van der Waals surface area contributed by atoms with Crippen LogP contribution in [0.25, 0.3) is 0 Å². The van der Waals surface area contributed by atoms with E-state index < -0.39 is 0 Å². The van der Waals surface area contributed by atoms with Crippen LogP contribution in [0.2, 0.25) is 0 Å². The Bertz CT molecular complexity index is 454. The van der Waals surface area contributed by atoms with Gasteiger partial charge >= 0.3 is 0 Å². The largest absolute Gasteiger partial charge is 0.349 e. The monoisotopic (exact) mass is 250 g/mol. The first-order chi connectivity index (χ1) is 8.60. The molecule has 18 heavy (non-hydrogen) atoms. The lowest BCUT2D eigenvalue weighted by atomic mass is 10.1. The molecule has 1 fully saturated rings. The zero-order valence-corrected chi connectivity index (χ0v) is 10.7. The van der Waals surface area contributed by atoms with Crippen LogP contribution in [-0.2, 0) is 0 Å². The average Bonchev–Trinajstić information content (AvgIpc) is 3.15. The Morgan fingerprint density at radius 3 is 2.78 bits per heavy atom. The lowest BCUT2D eigenvalue weighted by Gasteiger charge is -2.17. The molecule has 1 atom stereocenters. The topological polar surface area (TPSA) is 62.4 Å². The van der Waals surface area contributed by atoms with Gasteiger partial charge in [-0.15, -0.1) is 0 Å². The molecule has 1 unspecified atom stereocenters. The first-order valence-electron chi connectivity index (χ1n) is 6.17. The zero-order valence-electron chi connectivity index (χ0n) is 10.7. The normalized spacial score (nSPS) is 17.4. The highest BCUT2D eigenvalue weighted by Crippen LogP contribution is 2.23. The molecule has 0 aliphatic heterocycles. The number of nitrogens with one attached hydrogen (secondary N) is 2. The van der Waals surface area contributed by atoms with E-state index in [0.29, 0.717) is 17.6 Å². The Morgan fingerprint density at radius 2 is 2.22 bits per heavy atom. The maximum Gasteiger partial charge on any atom is 0.206 e. The van der Waals surface area contributed by atoms with Crippen LogP contribution in [0.1, 0.15) is 36.9 Å². The summed E-state index contributed by atoms with van der Waals surface area (Å²) in [5.74, 6) is 5.78. The van der Waals surface area contributed by atoms with Gasteiger partial charge in [-0.3, -0.25) is 5.43 Å². The summed E-state index contributed by atoms with van der Waals surface area (Å²) >= 11 is 0. The van der Waals surface area contributed by atoms with E-state index in [4.69, 9.17) is 5.84 Å². The smallest absolute Gasteiger partial charge is 0.206 e. The van der Waals surface area contributed by atoms with Gasteiger partial charge in [-0.25, -0.2) is 15.2 Å². The number of hydrazine groups is 1. The van der Waals surface area contributed by atoms with Gasteiger partial charge < -0.3 is 5.32 Å². The first-order valence-corrected chi connectivity index (χ1v) is 6.17. The number of aryl methyl sites for hydroxylation is 1. The zero-order chi connectivity index (χ0) is 13.1. The number of nitrogens with zero attached hydrogens (tertiary/aromatic N) is 1. The minimum atomic E-state index is -0.192. The minimum absolute atomic E-state index is 0.0475. The molecular weight excluding hydrogens is 231 g/mol. The van der Waals surface area contributed by atoms with Crippen molar-refractivity contribution < 1.29 is 4.39 Å². The fourth-order valence-electron chi connectivity index (χ4n) is 1.67. The van der Waals surface area contributed by atoms with Gasteiger partial charge in [0.1, 0.15) is 5.82 Å². The van der Waals surface area contributed by atoms with Crippen LogP contribution in [0, 0.1) is 12.7 Å². The highest BCUT2D eigenvalue weighted by Gasteiger charge is 2.21. The van der Waals surface area contributed by atoms with Crippen molar-refractivity contribution in [3.05, 3.63) is 35.1 Å². The van der Waals surface area contributed by atoms with Crippen molar-refractivity contribution in [1.82, 2.24) is 10.7 Å². The van der Waals surface area contributed by atoms with E-state index in [1.54, 1.807) is 13.0 Å². The fraction of sp³-hybridized carbons (Fsp3) is 0.462. The van der Waals surface area contributed by atoms with Gasteiger partial charge in [-0.05, 0) is 43.9 Å². The van der Waals surface area contributed by atoms with Gasteiger partial charge in [0.15, 0.2) is 0 Å². The number of rotatable bonds is 3. The molecule has 1 aromatic carbocycles. The van der Waals surface area contributed by atoms with Crippen LogP contribution < -0.4 is 16.6 Å². The Kier molecular flexibility index (Phi) is 3.81. The molecule has 0 saturated heterocycles. The van der Waals surface area contributed by atoms with Crippen molar-refractivity contribution in [3.8, 4) is 0 Å². The van der Waals surface area contributed by atoms with Gasteiger partial charge in [0.25, 0.3) is 0 Å². The molecule has 0 aromatic heterocycles. The Balaban J connectivity index is 2.05. The second-order valence-corrected chi connectivity index (χ2v) is 4.73. The van der Waals surface area contributed by atoms with Gasteiger partial charge in [-0.2, -0.15) is 0 Å². The second kappa shape index (κ2) is 5.35. The lowest BCUT2D eigenvalue weighted by Crippen LogP contribution is -2.42. The molecule has 1 saturated carbocycles. The molecule has 0 heterocycles. The van der Waals surface area contributed by atoms with E-state index in [9.17, 15) is 4.39 Å². The first kappa shape index (κ1) is 12.8. The molecule has 0 radical (unpaired) electrons. The molecule has 0 amide bonds. The van der Waals surface area contributed by atoms with Gasteiger partial charge in [-0.1, -0.05) is 12.1 Å². The number of hydrogen-bond acceptors (Lipinski definition) is 2. The highest BCUT2D eigenvalue weighted by atomic mass is 19.1. The standard InChI is InChI=1S/C13H19FN4/c1-8-3-4-10(7-12(8)14)9(2)16-13(18-15)17-11-5-6-11/h3-4,7,9,11H,5-6,15H2,1-2H3,(H2,16,17,18). The van der Waals surface area contributed by atoms with Crippen LogP contribution in [-0.4, -0.2) is 12.0 Å². The summed E-state index contributed by atoms with van der Waals surface area (Å²) in [7, 11) is 0. The van der Waals surface area contributed by atoms with Crippen molar-refractivity contribution in [1.29, 1.82) is 0 Å². The molecule has 0 spiro atoms. The van der Waals surface area contributed by atoms with Crippen molar-refractivity contribution in [2.24, 2.45) is 10.8 Å². The van der Waals surface area contributed by atoms with Crippen molar-refractivity contribution in [2.45, 2.75) is 38.8 Å². The number of guanidine groups is 1. The summed E-state index contributed by atoms with van der Waals surface area (Å²) in [6, 6.07) is 5.55. The van der Waals surface area contributed by atoms with E-state index in [-0.39, 0.29) is 11.9 Å². The lowest BCUT2D eigenvalue weighted by molar-refractivity contribution is 0.607. The van der Waals surface area contributed by atoms with Gasteiger partial charge in [0.2, 0.25) is 5.96 Å². The third-order valence-electron chi connectivity index (χ3n) is 3.04. The van der Waals surface area contributed by atoms with Crippen molar-refractivity contribution in [3.63, 3.8) is 0 Å². The Hall–Kier alpha value is -1.62. The maximum absolute atomic E-state index is 13.5. The third-order valence-corrected chi connectivity index (χ3v) is 3.04. The molecule has 1 aromatic rings.